The Labute approximate surface area is 211 Å². The highest BCUT2D eigenvalue weighted by atomic mass is 16.6. The van der Waals surface area contributed by atoms with Gasteiger partial charge in [-0.25, -0.2) is 9.59 Å². The number of aliphatic hydroxyl groups is 1. The van der Waals surface area contributed by atoms with Gasteiger partial charge in [-0.05, 0) is 50.3 Å². The first-order valence-corrected chi connectivity index (χ1v) is 12.2. The lowest BCUT2D eigenvalue weighted by Crippen LogP contribution is -2.72. The van der Waals surface area contributed by atoms with Crippen LogP contribution in [0.15, 0.2) is 60.0 Å². The van der Waals surface area contributed by atoms with E-state index in [4.69, 9.17) is 14.2 Å². The van der Waals surface area contributed by atoms with Crippen LogP contribution in [0.3, 0.4) is 0 Å². The van der Waals surface area contributed by atoms with Gasteiger partial charge in [-0.2, -0.15) is 0 Å². The first-order chi connectivity index (χ1) is 16.9. The molecule has 36 heavy (non-hydrogen) atoms. The number of aromatic nitrogens is 1. The van der Waals surface area contributed by atoms with Crippen LogP contribution in [-0.2, 0) is 23.8 Å². The molecule has 0 radical (unpaired) electrons. The highest BCUT2D eigenvalue weighted by Crippen LogP contribution is 2.63. The maximum Gasteiger partial charge on any atom is 0.340 e. The second-order valence-electron chi connectivity index (χ2n) is 10.5. The number of carbonyl (C=O) groups excluding carboxylic acids is 3. The summed E-state index contributed by atoms with van der Waals surface area (Å²) in [7, 11) is 0. The number of fused-ring (bicyclic) bond motifs is 1. The predicted octanol–water partition coefficient (Wildman–Crippen LogP) is 3.71. The van der Waals surface area contributed by atoms with Crippen LogP contribution in [0.1, 0.15) is 57.8 Å². The van der Waals surface area contributed by atoms with Gasteiger partial charge in [0, 0.05) is 36.2 Å². The van der Waals surface area contributed by atoms with Crippen LogP contribution in [0.4, 0.5) is 0 Å². The van der Waals surface area contributed by atoms with Crippen LogP contribution in [0.2, 0.25) is 0 Å². The zero-order valence-electron chi connectivity index (χ0n) is 21.3. The minimum absolute atomic E-state index is 0.160. The van der Waals surface area contributed by atoms with Crippen LogP contribution in [0.25, 0.3) is 0 Å². The quantitative estimate of drug-likeness (QED) is 0.374. The fraction of sp³-hybridized carbons (Fsp3) is 0.500. The molecule has 1 N–H and O–H groups in total. The molecule has 0 amide bonds. The van der Waals surface area contributed by atoms with E-state index in [0.717, 1.165) is 12.0 Å². The second kappa shape index (κ2) is 9.32. The highest BCUT2D eigenvalue weighted by molar-refractivity contribution is 5.89. The van der Waals surface area contributed by atoms with E-state index in [-0.39, 0.29) is 18.1 Å². The summed E-state index contributed by atoms with van der Waals surface area (Å²) in [6, 6.07) is 3.24. The molecule has 2 heterocycles. The molecule has 0 aromatic carbocycles. The number of allylic oxidation sites excluding steroid dienone is 1. The smallest absolute Gasteiger partial charge is 0.340 e. The molecule has 0 saturated heterocycles. The Morgan fingerprint density at radius 2 is 1.97 bits per heavy atom. The molecular formula is C28H33NO7. The highest BCUT2D eigenvalue weighted by Gasteiger charge is 2.69. The number of hydrogen-bond donors (Lipinski definition) is 1. The Morgan fingerprint density at radius 1 is 1.22 bits per heavy atom. The number of carbonyl (C=O) groups is 3. The number of pyridine rings is 1. The van der Waals surface area contributed by atoms with Crippen molar-refractivity contribution in [3.8, 4) is 0 Å². The Balaban J connectivity index is 1.84. The third-order valence-corrected chi connectivity index (χ3v) is 8.47. The van der Waals surface area contributed by atoms with Gasteiger partial charge in [-0.15, -0.1) is 0 Å². The van der Waals surface area contributed by atoms with Crippen LogP contribution >= 0.6 is 0 Å². The van der Waals surface area contributed by atoms with Gasteiger partial charge in [0.1, 0.15) is 12.2 Å². The third kappa shape index (κ3) is 4.17. The van der Waals surface area contributed by atoms with E-state index >= 15 is 0 Å². The molecule has 0 spiro atoms. The fourth-order valence-electron chi connectivity index (χ4n) is 6.13. The van der Waals surface area contributed by atoms with E-state index in [9.17, 15) is 19.5 Å². The number of hydrogen-bond acceptors (Lipinski definition) is 8. The van der Waals surface area contributed by atoms with Crippen molar-refractivity contribution in [1.29, 1.82) is 0 Å². The van der Waals surface area contributed by atoms with Crippen molar-refractivity contribution in [3.63, 3.8) is 0 Å². The Hall–Kier alpha value is -3.26. The molecule has 3 aliphatic rings. The largest absolute Gasteiger partial charge is 0.458 e. The molecule has 192 valence electrons. The van der Waals surface area contributed by atoms with Gasteiger partial charge in [0.05, 0.1) is 5.56 Å². The molecule has 2 aliphatic carbocycles. The van der Waals surface area contributed by atoms with Crippen LogP contribution < -0.4 is 0 Å². The summed E-state index contributed by atoms with van der Waals surface area (Å²) in [6.45, 7) is 8.97. The van der Waals surface area contributed by atoms with Crippen LogP contribution in [0.5, 0.6) is 0 Å². The predicted molar refractivity (Wildman–Crippen MR) is 130 cm³/mol. The van der Waals surface area contributed by atoms with E-state index in [1.807, 2.05) is 26.8 Å². The number of rotatable bonds is 5. The van der Waals surface area contributed by atoms with E-state index in [2.05, 4.69) is 11.1 Å². The van der Waals surface area contributed by atoms with Gasteiger partial charge < -0.3 is 19.3 Å². The minimum atomic E-state index is -1.62. The van der Waals surface area contributed by atoms with Crippen molar-refractivity contribution in [2.24, 2.45) is 16.7 Å². The summed E-state index contributed by atoms with van der Waals surface area (Å²) >= 11 is 0. The van der Waals surface area contributed by atoms with Crippen LogP contribution in [-0.4, -0.2) is 52.4 Å². The molecule has 8 heteroatoms. The number of ether oxygens (including phenoxy) is 3. The topological polar surface area (TPSA) is 112 Å². The monoisotopic (exact) mass is 495 g/mol. The average Bonchev–Trinajstić information content (AvgIpc) is 3.26. The Kier molecular flexibility index (Phi) is 6.68. The van der Waals surface area contributed by atoms with Gasteiger partial charge >= 0.3 is 17.9 Å². The molecule has 6 atom stereocenters. The maximum atomic E-state index is 13.2. The third-order valence-electron chi connectivity index (χ3n) is 8.47. The zero-order valence-corrected chi connectivity index (χ0v) is 21.3. The number of esters is 3. The first kappa shape index (κ1) is 25.8. The Bertz CT molecular complexity index is 1150. The lowest BCUT2D eigenvalue weighted by molar-refractivity contribution is -0.259. The standard InChI is InChI=1S/C28H33NO7/c1-17-8-6-10-21-26(3,12-11-19-14-22(31)34-16-19)28(5,33)24(35-18(2)30)23(27(17,21)4)36-25(32)20-9-7-13-29-15-20/h7-9,11-15,21,23-24,33H,6,10,16H2,1-5H3/t21-,23+,24+,26-,27+,28+/m1/s1. The summed E-state index contributed by atoms with van der Waals surface area (Å²) < 4.78 is 16.9. The summed E-state index contributed by atoms with van der Waals surface area (Å²) in [5.41, 5.74) is -1.34. The SMILES string of the molecule is CC(=O)O[C@H]1[C@H](OC(=O)c2cccnc2)[C@@]2(C)C(C)=CCC[C@@H]2[C@@](C)(C=CC2=CC(=O)OC2)[C@@]1(C)O. The van der Waals surface area contributed by atoms with Crippen molar-refractivity contribution in [2.75, 3.05) is 6.61 Å². The van der Waals surface area contributed by atoms with E-state index in [1.54, 1.807) is 31.3 Å². The van der Waals surface area contributed by atoms with Gasteiger partial charge in [0.15, 0.2) is 12.2 Å². The summed E-state index contributed by atoms with van der Waals surface area (Å²) in [6.07, 6.45) is 9.58. The summed E-state index contributed by atoms with van der Waals surface area (Å²) in [5, 5.41) is 12.2. The molecule has 0 unspecified atom stereocenters. The lowest BCUT2D eigenvalue weighted by atomic mass is 9.44. The summed E-state index contributed by atoms with van der Waals surface area (Å²) in [4.78, 5) is 41.1. The van der Waals surface area contributed by atoms with Crippen molar-refractivity contribution in [2.45, 2.75) is 65.3 Å². The molecule has 1 aromatic heterocycles. The second-order valence-corrected chi connectivity index (χ2v) is 10.5. The number of cyclic esters (lactones) is 1. The first-order valence-electron chi connectivity index (χ1n) is 12.2. The van der Waals surface area contributed by atoms with Crippen molar-refractivity contribution >= 4 is 17.9 Å². The van der Waals surface area contributed by atoms with Gasteiger partial charge in [-0.1, -0.05) is 37.6 Å². The maximum absolute atomic E-state index is 13.2. The molecule has 1 aliphatic heterocycles. The van der Waals surface area contributed by atoms with Crippen LogP contribution in [0, 0.1) is 16.7 Å². The molecule has 8 nitrogen and oxygen atoms in total. The molecule has 1 fully saturated rings. The van der Waals surface area contributed by atoms with Crippen molar-refractivity contribution in [3.05, 3.63) is 65.5 Å². The van der Waals surface area contributed by atoms with E-state index in [0.29, 0.717) is 12.0 Å². The lowest BCUT2D eigenvalue weighted by Gasteiger charge is -2.64. The van der Waals surface area contributed by atoms with E-state index in [1.165, 1.54) is 19.2 Å². The molecule has 0 bridgehead atoms. The van der Waals surface area contributed by atoms with Crippen molar-refractivity contribution < 1.29 is 33.7 Å². The van der Waals surface area contributed by atoms with Crippen molar-refractivity contribution in [1.82, 2.24) is 4.98 Å². The van der Waals surface area contributed by atoms with Gasteiger partial charge in [0.2, 0.25) is 0 Å². The van der Waals surface area contributed by atoms with Gasteiger partial charge in [0.25, 0.3) is 0 Å². The molecule has 1 saturated carbocycles. The zero-order chi connectivity index (χ0) is 26.3. The average molecular weight is 496 g/mol. The molecular weight excluding hydrogens is 462 g/mol. The normalized spacial score (nSPS) is 35.9. The minimum Gasteiger partial charge on any atom is -0.458 e. The summed E-state index contributed by atoms with van der Waals surface area (Å²) in [5.74, 6) is -1.79. The number of nitrogens with zero attached hydrogens (tertiary/aromatic N) is 1. The van der Waals surface area contributed by atoms with E-state index < -0.39 is 46.5 Å². The van der Waals surface area contributed by atoms with Gasteiger partial charge in [-0.3, -0.25) is 9.78 Å². The molecule has 1 aromatic rings. The fourth-order valence-corrected chi connectivity index (χ4v) is 6.13. The molecule has 4 rings (SSSR count). The Morgan fingerprint density at radius 3 is 2.58 bits per heavy atom.